The molecule has 1 N–H and O–H groups in total. The zero-order valence-corrected chi connectivity index (χ0v) is 12.6. The average molecular weight is 293 g/mol. The fraction of sp³-hybridized carbons (Fsp3) is 0.562. The van der Waals surface area contributed by atoms with Crippen LogP contribution in [0.2, 0.25) is 0 Å². The van der Waals surface area contributed by atoms with Crippen molar-refractivity contribution >= 4 is 5.91 Å². The number of carbonyl (C=O) groups is 1. The van der Waals surface area contributed by atoms with Gasteiger partial charge in [0.2, 0.25) is 0 Å². The van der Waals surface area contributed by atoms with Gasteiger partial charge >= 0.3 is 0 Å². The highest BCUT2D eigenvalue weighted by atomic mass is 16.5. The van der Waals surface area contributed by atoms with Crippen molar-refractivity contribution in [2.45, 2.75) is 38.4 Å². The van der Waals surface area contributed by atoms with Crippen LogP contribution in [0.3, 0.4) is 0 Å². The molecule has 1 saturated heterocycles. The van der Waals surface area contributed by atoms with E-state index in [0.29, 0.717) is 24.5 Å². The van der Waals surface area contributed by atoms with Gasteiger partial charge in [-0.05, 0) is 31.4 Å². The third-order valence-electron chi connectivity index (χ3n) is 3.51. The Bertz CT molecular complexity index is 457. The van der Waals surface area contributed by atoms with Crippen LogP contribution in [0.1, 0.15) is 26.2 Å². The molecule has 0 aliphatic carbocycles. The summed E-state index contributed by atoms with van der Waals surface area (Å²) in [5.74, 6) is 1.24. The van der Waals surface area contributed by atoms with E-state index in [4.69, 9.17) is 14.2 Å². The van der Waals surface area contributed by atoms with Crippen LogP contribution in [-0.4, -0.2) is 38.4 Å². The Morgan fingerprint density at radius 1 is 1.48 bits per heavy atom. The van der Waals surface area contributed by atoms with E-state index in [9.17, 15) is 4.79 Å². The van der Waals surface area contributed by atoms with E-state index in [1.807, 2.05) is 25.1 Å². The SMILES string of the molecule is CC[C@@H](Oc1cccc(OC)c1)C(=O)NC[C@H]1CCCO1. The van der Waals surface area contributed by atoms with Gasteiger partial charge in [0.05, 0.1) is 13.2 Å². The van der Waals surface area contributed by atoms with Crippen LogP contribution in [0.15, 0.2) is 24.3 Å². The normalized spacial score (nSPS) is 19.0. The van der Waals surface area contributed by atoms with Crippen LogP contribution in [0.4, 0.5) is 0 Å². The molecular formula is C16H23NO4. The second kappa shape index (κ2) is 7.88. The molecule has 5 heteroatoms. The van der Waals surface area contributed by atoms with Crippen molar-refractivity contribution in [1.29, 1.82) is 0 Å². The van der Waals surface area contributed by atoms with Gasteiger partial charge < -0.3 is 19.5 Å². The van der Waals surface area contributed by atoms with Crippen molar-refractivity contribution < 1.29 is 19.0 Å². The second-order valence-electron chi connectivity index (χ2n) is 5.07. The van der Waals surface area contributed by atoms with Crippen molar-refractivity contribution in [3.63, 3.8) is 0 Å². The quantitative estimate of drug-likeness (QED) is 0.837. The lowest BCUT2D eigenvalue weighted by molar-refractivity contribution is -0.128. The molecule has 0 saturated carbocycles. The molecule has 2 atom stereocenters. The van der Waals surface area contributed by atoms with Gasteiger partial charge in [0, 0.05) is 19.2 Å². The molecule has 1 aromatic carbocycles. The Labute approximate surface area is 125 Å². The van der Waals surface area contributed by atoms with E-state index in [1.165, 1.54) is 0 Å². The lowest BCUT2D eigenvalue weighted by Gasteiger charge is -2.19. The predicted molar refractivity (Wildman–Crippen MR) is 79.7 cm³/mol. The summed E-state index contributed by atoms with van der Waals surface area (Å²) in [5, 5.41) is 2.90. The Kier molecular flexibility index (Phi) is 5.87. The first-order valence-electron chi connectivity index (χ1n) is 7.43. The van der Waals surface area contributed by atoms with E-state index in [2.05, 4.69) is 5.32 Å². The second-order valence-corrected chi connectivity index (χ2v) is 5.07. The topological polar surface area (TPSA) is 56.8 Å². The van der Waals surface area contributed by atoms with Crippen LogP contribution in [0, 0.1) is 0 Å². The molecule has 1 aromatic rings. The molecule has 1 aliphatic heterocycles. The molecule has 1 aliphatic rings. The largest absolute Gasteiger partial charge is 0.497 e. The maximum atomic E-state index is 12.2. The summed E-state index contributed by atoms with van der Waals surface area (Å²) < 4.78 is 16.4. The molecule has 5 nitrogen and oxygen atoms in total. The van der Waals surface area contributed by atoms with Gasteiger partial charge in [0.15, 0.2) is 6.10 Å². The molecule has 0 radical (unpaired) electrons. The molecular weight excluding hydrogens is 270 g/mol. The number of rotatable bonds is 7. The third-order valence-corrected chi connectivity index (χ3v) is 3.51. The first-order chi connectivity index (χ1) is 10.2. The first-order valence-corrected chi connectivity index (χ1v) is 7.43. The number of methoxy groups -OCH3 is 1. The molecule has 21 heavy (non-hydrogen) atoms. The molecule has 0 spiro atoms. The van der Waals surface area contributed by atoms with E-state index in [1.54, 1.807) is 13.2 Å². The van der Waals surface area contributed by atoms with E-state index < -0.39 is 6.10 Å². The van der Waals surface area contributed by atoms with Crippen molar-refractivity contribution in [3.05, 3.63) is 24.3 Å². The lowest BCUT2D eigenvalue weighted by Crippen LogP contribution is -2.41. The number of hydrogen-bond donors (Lipinski definition) is 1. The van der Waals surface area contributed by atoms with Crippen LogP contribution < -0.4 is 14.8 Å². The number of benzene rings is 1. The van der Waals surface area contributed by atoms with Gasteiger partial charge in [-0.1, -0.05) is 13.0 Å². The zero-order chi connectivity index (χ0) is 15.1. The van der Waals surface area contributed by atoms with Crippen LogP contribution in [0.5, 0.6) is 11.5 Å². The summed E-state index contributed by atoms with van der Waals surface area (Å²) in [6.07, 6.45) is 2.32. The van der Waals surface area contributed by atoms with Crippen molar-refractivity contribution in [2.75, 3.05) is 20.3 Å². The van der Waals surface area contributed by atoms with Gasteiger partial charge in [-0.15, -0.1) is 0 Å². The maximum Gasteiger partial charge on any atom is 0.261 e. The number of ether oxygens (including phenoxy) is 3. The van der Waals surface area contributed by atoms with Crippen LogP contribution in [-0.2, 0) is 9.53 Å². The zero-order valence-electron chi connectivity index (χ0n) is 12.6. The molecule has 116 valence electrons. The average Bonchev–Trinajstić information content (AvgIpc) is 3.04. The molecule has 1 amide bonds. The van der Waals surface area contributed by atoms with E-state index in [-0.39, 0.29) is 12.0 Å². The molecule has 0 aromatic heterocycles. The van der Waals surface area contributed by atoms with Crippen LogP contribution in [0.25, 0.3) is 0 Å². The summed E-state index contributed by atoms with van der Waals surface area (Å²) >= 11 is 0. The summed E-state index contributed by atoms with van der Waals surface area (Å²) in [6.45, 7) is 3.27. The van der Waals surface area contributed by atoms with Crippen molar-refractivity contribution in [3.8, 4) is 11.5 Å². The fourth-order valence-electron chi connectivity index (χ4n) is 2.29. The number of carbonyl (C=O) groups excluding carboxylic acids is 1. The smallest absolute Gasteiger partial charge is 0.261 e. The van der Waals surface area contributed by atoms with Gasteiger partial charge in [-0.25, -0.2) is 0 Å². The fourth-order valence-corrected chi connectivity index (χ4v) is 2.29. The predicted octanol–water partition coefficient (Wildman–Crippen LogP) is 2.15. The molecule has 1 fully saturated rings. The van der Waals surface area contributed by atoms with E-state index >= 15 is 0 Å². The van der Waals surface area contributed by atoms with E-state index in [0.717, 1.165) is 19.4 Å². The Morgan fingerprint density at radius 2 is 2.29 bits per heavy atom. The molecule has 2 rings (SSSR count). The minimum absolute atomic E-state index is 0.101. The molecule has 1 heterocycles. The summed E-state index contributed by atoms with van der Waals surface area (Å²) in [6, 6.07) is 7.27. The summed E-state index contributed by atoms with van der Waals surface area (Å²) in [5.41, 5.74) is 0. The first kappa shape index (κ1) is 15.6. The van der Waals surface area contributed by atoms with Crippen molar-refractivity contribution in [2.24, 2.45) is 0 Å². The molecule has 0 bridgehead atoms. The highest BCUT2D eigenvalue weighted by Crippen LogP contribution is 2.20. The summed E-state index contributed by atoms with van der Waals surface area (Å²) in [7, 11) is 1.60. The number of hydrogen-bond acceptors (Lipinski definition) is 4. The highest BCUT2D eigenvalue weighted by Gasteiger charge is 2.21. The Balaban J connectivity index is 1.86. The van der Waals surface area contributed by atoms with Crippen molar-refractivity contribution in [1.82, 2.24) is 5.32 Å². The third kappa shape index (κ3) is 4.63. The van der Waals surface area contributed by atoms with Gasteiger partial charge in [-0.2, -0.15) is 0 Å². The number of nitrogens with one attached hydrogen (secondary N) is 1. The molecule has 0 unspecified atom stereocenters. The monoisotopic (exact) mass is 293 g/mol. The minimum atomic E-state index is -0.501. The summed E-state index contributed by atoms with van der Waals surface area (Å²) in [4.78, 5) is 12.2. The minimum Gasteiger partial charge on any atom is -0.497 e. The standard InChI is InChI=1S/C16H23NO4/c1-3-15(16(18)17-11-14-8-5-9-20-14)21-13-7-4-6-12(10-13)19-2/h4,6-7,10,14-15H,3,5,8-9,11H2,1-2H3,(H,17,18)/t14-,15-/m1/s1. The van der Waals surface area contributed by atoms with Crippen LogP contribution >= 0.6 is 0 Å². The Hall–Kier alpha value is -1.75. The van der Waals surface area contributed by atoms with Gasteiger partial charge in [-0.3, -0.25) is 4.79 Å². The lowest BCUT2D eigenvalue weighted by atomic mass is 10.2. The number of amides is 1. The van der Waals surface area contributed by atoms with Gasteiger partial charge in [0.25, 0.3) is 5.91 Å². The highest BCUT2D eigenvalue weighted by molar-refractivity contribution is 5.81. The van der Waals surface area contributed by atoms with Gasteiger partial charge in [0.1, 0.15) is 11.5 Å². The Morgan fingerprint density at radius 3 is 2.95 bits per heavy atom. The maximum absolute atomic E-state index is 12.2.